The summed E-state index contributed by atoms with van der Waals surface area (Å²) in [6.45, 7) is 1.93. The lowest BCUT2D eigenvalue weighted by atomic mass is 10.1. The largest absolute Gasteiger partial charge is 0.496 e. The zero-order valence-electron chi connectivity index (χ0n) is 13.9. The predicted molar refractivity (Wildman–Crippen MR) is 104 cm³/mol. The molecule has 0 aliphatic rings. The summed E-state index contributed by atoms with van der Waals surface area (Å²) < 4.78 is 5.98. The quantitative estimate of drug-likeness (QED) is 0.676. The number of halogens is 2. The number of amides is 2. The Labute approximate surface area is 159 Å². The lowest BCUT2D eigenvalue weighted by Gasteiger charge is -2.12. The highest BCUT2D eigenvalue weighted by molar-refractivity contribution is 9.10. The molecule has 2 amide bonds. The minimum absolute atomic E-state index is 0.0873. The van der Waals surface area contributed by atoms with Crippen LogP contribution in [-0.2, 0) is 4.79 Å². The maximum Gasteiger partial charge on any atom is 0.259 e. The first-order valence-electron chi connectivity index (χ1n) is 7.69. The van der Waals surface area contributed by atoms with Crippen LogP contribution in [0.3, 0.4) is 0 Å². The van der Waals surface area contributed by atoms with Crippen molar-refractivity contribution < 1.29 is 14.3 Å². The van der Waals surface area contributed by atoms with Gasteiger partial charge in [-0.15, -0.1) is 0 Å². The van der Waals surface area contributed by atoms with Crippen molar-refractivity contribution in [2.45, 2.75) is 19.8 Å². The minimum Gasteiger partial charge on any atom is -0.496 e. The van der Waals surface area contributed by atoms with E-state index in [-0.39, 0.29) is 11.8 Å². The van der Waals surface area contributed by atoms with Gasteiger partial charge in [-0.1, -0.05) is 34.5 Å². The molecule has 5 nitrogen and oxygen atoms in total. The predicted octanol–water partition coefficient (Wildman–Crippen LogP) is 5.10. The third kappa shape index (κ3) is 5.21. The molecule has 0 saturated carbocycles. The summed E-state index contributed by atoms with van der Waals surface area (Å²) in [4.78, 5) is 24.3. The highest BCUT2D eigenvalue weighted by atomic mass is 79.9. The lowest BCUT2D eigenvalue weighted by Crippen LogP contribution is -2.15. The lowest BCUT2D eigenvalue weighted by molar-refractivity contribution is -0.116. The first-order chi connectivity index (χ1) is 11.9. The molecule has 0 aliphatic heterocycles. The third-order valence-corrected chi connectivity index (χ3v) is 4.20. The summed E-state index contributed by atoms with van der Waals surface area (Å²) in [6.07, 6.45) is 1.19. The van der Waals surface area contributed by atoms with Crippen molar-refractivity contribution in [3.05, 3.63) is 51.5 Å². The van der Waals surface area contributed by atoms with Crippen molar-refractivity contribution >= 4 is 50.7 Å². The Bertz CT molecular complexity index is 796. The molecular formula is C18H18BrClN2O3. The molecule has 2 N–H and O–H groups in total. The van der Waals surface area contributed by atoms with Crippen molar-refractivity contribution in [2.24, 2.45) is 0 Å². The summed E-state index contributed by atoms with van der Waals surface area (Å²) in [7, 11) is 1.50. The number of rotatable bonds is 6. The number of nitrogens with one attached hydrogen (secondary N) is 2. The summed E-state index contributed by atoms with van der Waals surface area (Å²) in [6, 6.07) is 10.1. The van der Waals surface area contributed by atoms with E-state index in [2.05, 4.69) is 26.6 Å². The Morgan fingerprint density at radius 2 is 1.92 bits per heavy atom. The van der Waals surface area contributed by atoms with E-state index in [1.165, 1.54) is 7.11 Å². The van der Waals surface area contributed by atoms with Crippen LogP contribution in [0.2, 0.25) is 5.02 Å². The van der Waals surface area contributed by atoms with Crippen LogP contribution in [0.25, 0.3) is 0 Å². The zero-order chi connectivity index (χ0) is 18.4. The fraction of sp³-hybridized carbons (Fsp3) is 0.222. The van der Waals surface area contributed by atoms with E-state index in [0.717, 1.165) is 10.9 Å². The molecule has 2 rings (SSSR count). The molecule has 25 heavy (non-hydrogen) atoms. The van der Waals surface area contributed by atoms with Crippen molar-refractivity contribution in [1.29, 1.82) is 0 Å². The van der Waals surface area contributed by atoms with Gasteiger partial charge >= 0.3 is 0 Å². The number of carbonyl (C=O) groups is 2. The van der Waals surface area contributed by atoms with Gasteiger partial charge < -0.3 is 15.4 Å². The molecule has 0 radical (unpaired) electrons. The van der Waals surface area contributed by atoms with Crippen molar-refractivity contribution in [3.8, 4) is 5.75 Å². The Hall–Kier alpha value is -2.05. The summed E-state index contributed by atoms with van der Waals surface area (Å²) in [5.41, 5.74) is 1.34. The van der Waals surface area contributed by atoms with E-state index in [0.29, 0.717) is 34.1 Å². The first-order valence-corrected chi connectivity index (χ1v) is 8.86. The molecule has 0 aliphatic carbocycles. The second-order valence-electron chi connectivity index (χ2n) is 5.29. The number of methoxy groups -OCH3 is 1. The molecule has 7 heteroatoms. The van der Waals surface area contributed by atoms with Gasteiger partial charge in [-0.2, -0.15) is 0 Å². The van der Waals surface area contributed by atoms with E-state index >= 15 is 0 Å². The van der Waals surface area contributed by atoms with E-state index in [1.54, 1.807) is 36.4 Å². The fourth-order valence-electron chi connectivity index (χ4n) is 2.20. The zero-order valence-corrected chi connectivity index (χ0v) is 16.2. The maximum absolute atomic E-state index is 12.6. The van der Waals surface area contributed by atoms with Gasteiger partial charge in [-0.25, -0.2) is 0 Å². The number of ether oxygens (including phenoxy) is 1. The van der Waals surface area contributed by atoms with E-state index in [1.807, 2.05) is 6.92 Å². The number of anilines is 2. The fourth-order valence-corrected chi connectivity index (χ4v) is 2.72. The summed E-state index contributed by atoms with van der Waals surface area (Å²) in [5, 5.41) is 5.90. The Balaban J connectivity index is 2.23. The third-order valence-electron chi connectivity index (χ3n) is 3.38. The van der Waals surface area contributed by atoms with Crippen LogP contribution in [0.5, 0.6) is 5.75 Å². The van der Waals surface area contributed by atoms with Gasteiger partial charge in [0.25, 0.3) is 5.91 Å². The van der Waals surface area contributed by atoms with E-state index in [4.69, 9.17) is 16.3 Å². The van der Waals surface area contributed by atoms with Crippen LogP contribution in [0.1, 0.15) is 30.1 Å². The van der Waals surface area contributed by atoms with Crippen LogP contribution in [0, 0.1) is 0 Å². The molecule has 2 aromatic carbocycles. The van der Waals surface area contributed by atoms with Gasteiger partial charge in [0.15, 0.2) is 0 Å². The van der Waals surface area contributed by atoms with Crippen molar-refractivity contribution in [1.82, 2.24) is 0 Å². The second-order valence-corrected chi connectivity index (χ2v) is 6.61. The van der Waals surface area contributed by atoms with Crippen LogP contribution in [-0.4, -0.2) is 18.9 Å². The summed E-state index contributed by atoms with van der Waals surface area (Å²) >= 11 is 9.50. The molecule has 0 bridgehead atoms. The van der Waals surface area contributed by atoms with E-state index in [9.17, 15) is 9.59 Å². The molecule has 0 saturated heterocycles. The Morgan fingerprint density at radius 1 is 1.16 bits per heavy atom. The van der Waals surface area contributed by atoms with Crippen LogP contribution in [0.4, 0.5) is 11.4 Å². The van der Waals surface area contributed by atoms with Gasteiger partial charge in [-0.05, 0) is 42.8 Å². The molecule has 132 valence electrons. The topological polar surface area (TPSA) is 67.4 Å². The Morgan fingerprint density at radius 3 is 2.60 bits per heavy atom. The van der Waals surface area contributed by atoms with Crippen LogP contribution in [0.15, 0.2) is 40.9 Å². The number of carbonyl (C=O) groups excluding carboxylic acids is 2. The monoisotopic (exact) mass is 424 g/mol. The highest BCUT2D eigenvalue weighted by Gasteiger charge is 2.15. The average molecular weight is 426 g/mol. The molecule has 0 fully saturated rings. The smallest absolute Gasteiger partial charge is 0.259 e. The average Bonchev–Trinajstić information content (AvgIpc) is 2.58. The van der Waals surface area contributed by atoms with Crippen molar-refractivity contribution in [2.75, 3.05) is 17.7 Å². The van der Waals surface area contributed by atoms with Gasteiger partial charge in [-0.3, -0.25) is 9.59 Å². The number of hydrogen-bond acceptors (Lipinski definition) is 3. The molecule has 0 spiro atoms. The van der Waals surface area contributed by atoms with Crippen LogP contribution >= 0.6 is 27.5 Å². The maximum atomic E-state index is 12.6. The Kier molecular flexibility index (Phi) is 6.84. The SMILES string of the molecule is CCCC(=O)Nc1ccc(Cl)c(NC(=O)c2cc(Br)ccc2OC)c1. The number of hydrogen-bond donors (Lipinski definition) is 2. The first kappa shape index (κ1) is 19.3. The van der Waals surface area contributed by atoms with Gasteiger partial charge in [0.1, 0.15) is 5.75 Å². The standard InChI is InChI=1S/C18H18BrClN2O3/c1-3-4-17(23)21-12-6-7-14(20)15(10-12)22-18(24)13-9-11(19)5-8-16(13)25-2/h5-10H,3-4H2,1-2H3,(H,21,23)(H,22,24). The molecule has 0 aromatic heterocycles. The second kappa shape index (κ2) is 8.87. The minimum atomic E-state index is -0.364. The molecular weight excluding hydrogens is 408 g/mol. The summed E-state index contributed by atoms with van der Waals surface area (Å²) in [5.74, 6) is -0.00271. The molecule has 0 unspecified atom stereocenters. The van der Waals surface area contributed by atoms with Gasteiger partial charge in [0, 0.05) is 16.6 Å². The number of benzene rings is 2. The highest BCUT2D eigenvalue weighted by Crippen LogP contribution is 2.28. The molecule has 0 heterocycles. The van der Waals surface area contributed by atoms with Gasteiger partial charge in [0.05, 0.1) is 23.4 Å². The molecule has 0 atom stereocenters. The van der Waals surface area contributed by atoms with Crippen molar-refractivity contribution in [3.63, 3.8) is 0 Å². The van der Waals surface area contributed by atoms with E-state index < -0.39 is 0 Å². The normalized spacial score (nSPS) is 10.2. The van der Waals surface area contributed by atoms with Gasteiger partial charge in [0.2, 0.25) is 5.91 Å². The van der Waals surface area contributed by atoms with Crippen LogP contribution < -0.4 is 15.4 Å². The molecule has 2 aromatic rings.